The lowest BCUT2D eigenvalue weighted by molar-refractivity contribution is 0.220. The van der Waals surface area contributed by atoms with E-state index in [0.717, 1.165) is 36.7 Å². The summed E-state index contributed by atoms with van der Waals surface area (Å²) in [5.41, 5.74) is 2.34. The normalized spacial score (nSPS) is 17.2. The number of fused-ring (bicyclic) bond motifs is 1. The number of anilines is 1. The van der Waals surface area contributed by atoms with Gasteiger partial charge in [-0.15, -0.1) is 0 Å². The molecule has 0 saturated carbocycles. The summed E-state index contributed by atoms with van der Waals surface area (Å²) in [6.07, 6.45) is 5.45. The first-order chi connectivity index (χ1) is 9.74. The molecule has 0 bridgehead atoms. The van der Waals surface area contributed by atoms with Crippen molar-refractivity contribution in [3.63, 3.8) is 0 Å². The van der Waals surface area contributed by atoms with Crippen LogP contribution in [0.1, 0.15) is 11.3 Å². The second-order valence-corrected chi connectivity index (χ2v) is 5.41. The SMILES string of the molecule is CN(C)c1nccnc1C[C@@H]1COc2ccccc2C1. The van der Waals surface area contributed by atoms with E-state index in [0.29, 0.717) is 5.92 Å². The van der Waals surface area contributed by atoms with E-state index in [9.17, 15) is 0 Å². The van der Waals surface area contributed by atoms with E-state index in [4.69, 9.17) is 4.74 Å². The Balaban J connectivity index is 1.77. The van der Waals surface area contributed by atoms with Crippen LogP contribution in [-0.4, -0.2) is 30.7 Å². The van der Waals surface area contributed by atoms with Gasteiger partial charge in [-0.05, 0) is 24.5 Å². The molecule has 20 heavy (non-hydrogen) atoms. The molecule has 2 aromatic rings. The van der Waals surface area contributed by atoms with E-state index >= 15 is 0 Å². The predicted molar refractivity (Wildman–Crippen MR) is 79.2 cm³/mol. The first-order valence-corrected chi connectivity index (χ1v) is 6.92. The fraction of sp³-hybridized carbons (Fsp3) is 0.375. The van der Waals surface area contributed by atoms with Crippen LogP contribution >= 0.6 is 0 Å². The summed E-state index contributed by atoms with van der Waals surface area (Å²) in [6.45, 7) is 0.750. The van der Waals surface area contributed by atoms with Crippen molar-refractivity contribution in [3.8, 4) is 5.75 Å². The maximum Gasteiger partial charge on any atom is 0.149 e. The monoisotopic (exact) mass is 269 g/mol. The number of hydrogen-bond acceptors (Lipinski definition) is 4. The molecule has 4 heteroatoms. The first-order valence-electron chi connectivity index (χ1n) is 6.92. The van der Waals surface area contributed by atoms with Gasteiger partial charge in [-0.3, -0.25) is 4.98 Å². The molecule has 1 aliphatic rings. The Morgan fingerprint density at radius 1 is 1.20 bits per heavy atom. The molecule has 2 heterocycles. The Labute approximate surface area is 119 Å². The van der Waals surface area contributed by atoms with Gasteiger partial charge in [0.25, 0.3) is 0 Å². The third-order valence-electron chi connectivity index (χ3n) is 3.61. The summed E-state index contributed by atoms with van der Waals surface area (Å²) in [5.74, 6) is 2.43. The highest BCUT2D eigenvalue weighted by Gasteiger charge is 2.22. The van der Waals surface area contributed by atoms with Crippen LogP contribution in [0.15, 0.2) is 36.7 Å². The molecule has 0 saturated heterocycles. The van der Waals surface area contributed by atoms with Gasteiger partial charge >= 0.3 is 0 Å². The number of rotatable bonds is 3. The lowest BCUT2D eigenvalue weighted by atomic mass is 9.92. The lowest BCUT2D eigenvalue weighted by Crippen LogP contribution is -2.24. The zero-order valence-corrected chi connectivity index (χ0v) is 11.9. The molecule has 0 amide bonds. The summed E-state index contributed by atoms with van der Waals surface area (Å²) in [6, 6.07) is 8.27. The largest absolute Gasteiger partial charge is 0.493 e. The van der Waals surface area contributed by atoms with Crippen LogP contribution in [0.3, 0.4) is 0 Å². The predicted octanol–water partition coefficient (Wildman–Crippen LogP) is 2.34. The number of aromatic nitrogens is 2. The summed E-state index contributed by atoms with van der Waals surface area (Å²) in [5, 5.41) is 0. The zero-order chi connectivity index (χ0) is 13.9. The maximum atomic E-state index is 5.85. The van der Waals surface area contributed by atoms with Crippen LogP contribution < -0.4 is 9.64 Å². The van der Waals surface area contributed by atoms with Gasteiger partial charge in [0.1, 0.15) is 11.6 Å². The molecule has 0 fully saturated rings. The van der Waals surface area contributed by atoms with E-state index in [2.05, 4.69) is 22.1 Å². The average Bonchev–Trinajstić information content (AvgIpc) is 2.47. The third kappa shape index (κ3) is 2.59. The smallest absolute Gasteiger partial charge is 0.149 e. The van der Waals surface area contributed by atoms with E-state index in [1.807, 2.05) is 31.1 Å². The summed E-state index contributed by atoms with van der Waals surface area (Å²) < 4.78 is 5.85. The number of nitrogens with zero attached hydrogens (tertiary/aromatic N) is 3. The number of benzene rings is 1. The fourth-order valence-corrected chi connectivity index (χ4v) is 2.67. The van der Waals surface area contributed by atoms with Gasteiger partial charge < -0.3 is 9.64 Å². The molecule has 1 aromatic heterocycles. The molecule has 0 unspecified atom stereocenters. The third-order valence-corrected chi connectivity index (χ3v) is 3.61. The van der Waals surface area contributed by atoms with Crippen molar-refractivity contribution in [2.75, 3.05) is 25.6 Å². The second kappa shape index (κ2) is 5.49. The minimum Gasteiger partial charge on any atom is -0.493 e. The van der Waals surface area contributed by atoms with Gasteiger partial charge in [0.15, 0.2) is 0 Å². The van der Waals surface area contributed by atoms with Gasteiger partial charge in [-0.1, -0.05) is 18.2 Å². The van der Waals surface area contributed by atoms with E-state index in [1.165, 1.54) is 5.56 Å². The molecule has 0 N–H and O–H groups in total. The highest BCUT2D eigenvalue weighted by atomic mass is 16.5. The van der Waals surface area contributed by atoms with Crippen LogP contribution in [0.4, 0.5) is 5.82 Å². The topological polar surface area (TPSA) is 38.2 Å². The summed E-state index contributed by atoms with van der Waals surface area (Å²) in [4.78, 5) is 10.9. The molecule has 0 aliphatic carbocycles. The molecule has 0 spiro atoms. The molecule has 0 radical (unpaired) electrons. The van der Waals surface area contributed by atoms with Crippen molar-refractivity contribution < 1.29 is 4.74 Å². The molecule has 4 nitrogen and oxygen atoms in total. The van der Waals surface area contributed by atoms with E-state index < -0.39 is 0 Å². The van der Waals surface area contributed by atoms with Gasteiger partial charge in [0.2, 0.25) is 0 Å². The summed E-state index contributed by atoms with van der Waals surface area (Å²) in [7, 11) is 4.00. The van der Waals surface area contributed by atoms with E-state index in [-0.39, 0.29) is 0 Å². The molecule has 1 aromatic carbocycles. The van der Waals surface area contributed by atoms with Crippen molar-refractivity contribution >= 4 is 5.82 Å². The minimum atomic E-state index is 0.459. The number of para-hydroxylation sites is 1. The quantitative estimate of drug-likeness (QED) is 0.857. The van der Waals surface area contributed by atoms with Crippen LogP contribution in [0.25, 0.3) is 0 Å². The van der Waals surface area contributed by atoms with Crippen molar-refractivity contribution in [1.82, 2.24) is 9.97 Å². The lowest BCUT2D eigenvalue weighted by Gasteiger charge is -2.26. The Morgan fingerprint density at radius 3 is 2.85 bits per heavy atom. The van der Waals surface area contributed by atoms with Crippen molar-refractivity contribution in [3.05, 3.63) is 47.9 Å². The molecule has 1 atom stereocenters. The van der Waals surface area contributed by atoms with Crippen molar-refractivity contribution in [1.29, 1.82) is 0 Å². The number of ether oxygens (including phenoxy) is 1. The number of hydrogen-bond donors (Lipinski definition) is 0. The van der Waals surface area contributed by atoms with Crippen molar-refractivity contribution in [2.24, 2.45) is 5.92 Å². The standard InChI is InChI=1S/C16H19N3O/c1-19(2)16-14(17-7-8-18-16)10-12-9-13-5-3-4-6-15(13)20-11-12/h3-8,12H,9-11H2,1-2H3/t12-/m1/s1. The van der Waals surface area contributed by atoms with Gasteiger partial charge in [-0.2, -0.15) is 0 Å². The van der Waals surface area contributed by atoms with Crippen LogP contribution in [-0.2, 0) is 12.8 Å². The molecule has 3 rings (SSSR count). The van der Waals surface area contributed by atoms with Crippen LogP contribution in [0.2, 0.25) is 0 Å². The Morgan fingerprint density at radius 2 is 2.00 bits per heavy atom. The molecular weight excluding hydrogens is 250 g/mol. The Kier molecular flexibility index (Phi) is 3.54. The van der Waals surface area contributed by atoms with Crippen molar-refractivity contribution in [2.45, 2.75) is 12.8 Å². The average molecular weight is 269 g/mol. The summed E-state index contributed by atoms with van der Waals surface area (Å²) >= 11 is 0. The zero-order valence-electron chi connectivity index (χ0n) is 11.9. The Bertz CT molecular complexity index is 598. The maximum absolute atomic E-state index is 5.85. The van der Waals surface area contributed by atoms with Gasteiger partial charge in [0, 0.05) is 32.4 Å². The van der Waals surface area contributed by atoms with Gasteiger partial charge in [0.05, 0.1) is 12.3 Å². The Hall–Kier alpha value is -2.10. The molecular formula is C16H19N3O. The highest BCUT2D eigenvalue weighted by molar-refractivity contribution is 5.42. The molecule has 1 aliphatic heterocycles. The van der Waals surface area contributed by atoms with Crippen LogP contribution in [0.5, 0.6) is 5.75 Å². The van der Waals surface area contributed by atoms with E-state index in [1.54, 1.807) is 12.4 Å². The molecule has 104 valence electrons. The van der Waals surface area contributed by atoms with Gasteiger partial charge in [-0.25, -0.2) is 4.98 Å². The highest BCUT2D eigenvalue weighted by Crippen LogP contribution is 2.29. The fourth-order valence-electron chi connectivity index (χ4n) is 2.67. The minimum absolute atomic E-state index is 0.459. The second-order valence-electron chi connectivity index (χ2n) is 5.41. The first kappa shape index (κ1) is 12.9. The van der Waals surface area contributed by atoms with Crippen LogP contribution in [0, 0.1) is 5.92 Å².